The van der Waals surface area contributed by atoms with Gasteiger partial charge in [0.15, 0.2) is 11.5 Å². The van der Waals surface area contributed by atoms with Crippen LogP contribution in [0, 0.1) is 5.92 Å². The van der Waals surface area contributed by atoms with Gasteiger partial charge in [-0.05, 0) is 32.3 Å². The van der Waals surface area contributed by atoms with Crippen LogP contribution in [0.2, 0.25) is 0 Å². The number of hydrogen-bond acceptors (Lipinski definition) is 3. The van der Waals surface area contributed by atoms with E-state index in [4.69, 9.17) is 9.47 Å². The molecule has 3 nitrogen and oxygen atoms in total. The van der Waals surface area contributed by atoms with Crippen LogP contribution in [0.3, 0.4) is 0 Å². The highest BCUT2D eigenvalue weighted by Gasteiger charge is 2.11. The quantitative estimate of drug-likeness (QED) is 0.693. The average Bonchev–Trinajstić information content (AvgIpc) is 2.45. The Kier molecular flexibility index (Phi) is 8.21. The fourth-order valence-electron chi connectivity index (χ4n) is 2.42. The molecule has 0 bridgehead atoms. The summed E-state index contributed by atoms with van der Waals surface area (Å²) in [4.78, 5) is 0. The Morgan fingerprint density at radius 1 is 1.14 bits per heavy atom. The highest BCUT2D eigenvalue weighted by atomic mass is 16.5. The van der Waals surface area contributed by atoms with Crippen LogP contribution in [0.5, 0.6) is 11.5 Å². The zero-order chi connectivity index (χ0) is 15.7. The van der Waals surface area contributed by atoms with Crippen molar-refractivity contribution in [3.8, 4) is 11.5 Å². The van der Waals surface area contributed by atoms with E-state index in [1.54, 1.807) is 7.11 Å². The van der Waals surface area contributed by atoms with Gasteiger partial charge in [0.2, 0.25) is 0 Å². The van der Waals surface area contributed by atoms with Gasteiger partial charge < -0.3 is 14.8 Å². The third kappa shape index (κ3) is 6.38. The smallest absolute Gasteiger partial charge is 0.165 e. The second-order valence-corrected chi connectivity index (χ2v) is 5.99. The van der Waals surface area contributed by atoms with Crippen LogP contribution >= 0.6 is 0 Å². The van der Waals surface area contributed by atoms with E-state index >= 15 is 0 Å². The van der Waals surface area contributed by atoms with Crippen LogP contribution in [-0.2, 0) is 6.54 Å². The second kappa shape index (κ2) is 9.67. The number of para-hydroxylation sites is 1. The molecule has 0 aliphatic carbocycles. The van der Waals surface area contributed by atoms with Crippen LogP contribution in [0.25, 0.3) is 0 Å². The molecule has 0 aliphatic rings. The number of methoxy groups -OCH3 is 1. The zero-order valence-electron chi connectivity index (χ0n) is 14.2. The molecule has 0 spiro atoms. The van der Waals surface area contributed by atoms with Gasteiger partial charge in [-0.25, -0.2) is 0 Å². The van der Waals surface area contributed by atoms with Gasteiger partial charge in [-0.1, -0.05) is 38.8 Å². The summed E-state index contributed by atoms with van der Waals surface area (Å²) < 4.78 is 11.1. The van der Waals surface area contributed by atoms with E-state index in [1.807, 2.05) is 19.1 Å². The average molecular weight is 293 g/mol. The molecule has 1 aromatic rings. The molecule has 1 aromatic carbocycles. The molecule has 0 saturated heterocycles. The van der Waals surface area contributed by atoms with Gasteiger partial charge in [0.1, 0.15) is 0 Å². The summed E-state index contributed by atoms with van der Waals surface area (Å²) in [6.07, 6.45) is 3.79. The maximum atomic E-state index is 5.61. The molecule has 0 saturated carbocycles. The summed E-state index contributed by atoms with van der Waals surface area (Å²) in [5.41, 5.74) is 1.15. The normalized spacial score (nSPS) is 12.5. The molecule has 0 aromatic heterocycles. The van der Waals surface area contributed by atoms with Gasteiger partial charge in [0.25, 0.3) is 0 Å². The number of benzene rings is 1. The molecule has 1 N–H and O–H groups in total. The summed E-state index contributed by atoms with van der Waals surface area (Å²) in [5, 5.41) is 3.58. The second-order valence-electron chi connectivity index (χ2n) is 5.99. The van der Waals surface area contributed by atoms with Crippen LogP contribution in [0.4, 0.5) is 0 Å². The molecule has 1 unspecified atom stereocenters. The van der Waals surface area contributed by atoms with E-state index in [2.05, 4.69) is 32.2 Å². The number of hydrogen-bond donors (Lipinski definition) is 1. The zero-order valence-corrected chi connectivity index (χ0v) is 14.2. The minimum absolute atomic E-state index is 0.518. The summed E-state index contributed by atoms with van der Waals surface area (Å²) in [6.45, 7) is 10.3. The first-order chi connectivity index (χ1) is 10.1. The highest BCUT2D eigenvalue weighted by molar-refractivity contribution is 5.46. The predicted octanol–water partition coefficient (Wildman–Crippen LogP) is 4.40. The van der Waals surface area contributed by atoms with Crippen molar-refractivity contribution in [2.75, 3.05) is 13.7 Å². The van der Waals surface area contributed by atoms with Crippen molar-refractivity contribution in [2.45, 2.75) is 59.5 Å². The Balaban J connectivity index is 2.52. The first kappa shape index (κ1) is 17.8. The summed E-state index contributed by atoms with van der Waals surface area (Å²) in [5.74, 6) is 2.47. The monoisotopic (exact) mass is 293 g/mol. The minimum atomic E-state index is 0.518. The van der Waals surface area contributed by atoms with E-state index in [9.17, 15) is 0 Å². The van der Waals surface area contributed by atoms with Crippen LogP contribution in [0.1, 0.15) is 52.5 Å². The predicted molar refractivity (Wildman–Crippen MR) is 89.2 cm³/mol. The van der Waals surface area contributed by atoms with Gasteiger partial charge in [-0.2, -0.15) is 0 Å². The number of rotatable bonds is 10. The molecule has 120 valence electrons. The summed E-state index contributed by atoms with van der Waals surface area (Å²) >= 11 is 0. The maximum Gasteiger partial charge on any atom is 0.165 e. The molecule has 3 heteroatoms. The Labute approximate surface area is 130 Å². The lowest BCUT2D eigenvalue weighted by atomic mass is 10.0. The first-order valence-electron chi connectivity index (χ1n) is 8.10. The fraction of sp³-hybridized carbons (Fsp3) is 0.667. The van der Waals surface area contributed by atoms with Crippen molar-refractivity contribution in [3.63, 3.8) is 0 Å². The Hall–Kier alpha value is -1.22. The van der Waals surface area contributed by atoms with Crippen molar-refractivity contribution in [2.24, 2.45) is 5.92 Å². The molecule has 0 amide bonds. The number of nitrogens with one attached hydrogen (secondary N) is 1. The Morgan fingerprint density at radius 3 is 2.52 bits per heavy atom. The lowest BCUT2D eigenvalue weighted by Gasteiger charge is -2.17. The van der Waals surface area contributed by atoms with Crippen molar-refractivity contribution >= 4 is 0 Å². The molecular weight excluding hydrogens is 262 g/mol. The molecular formula is C18H31NO2. The van der Waals surface area contributed by atoms with Crippen LogP contribution in [-0.4, -0.2) is 19.8 Å². The lowest BCUT2D eigenvalue weighted by Crippen LogP contribution is -2.25. The van der Waals surface area contributed by atoms with E-state index < -0.39 is 0 Å². The van der Waals surface area contributed by atoms with Gasteiger partial charge in [0.05, 0.1) is 13.7 Å². The summed E-state index contributed by atoms with van der Waals surface area (Å²) in [7, 11) is 1.70. The third-order valence-corrected chi connectivity index (χ3v) is 3.62. The lowest BCUT2D eigenvalue weighted by molar-refractivity contribution is 0.308. The summed E-state index contributed by atoms with van der Waals surface area (Å²) in [6, 6.07) is 6.59. The fourth-order valence-corrected chi connectivity index (χ4v) is 2.42. The van der Waals surface area contributed by atoms with E-state index in [-0.39, 0.29) is 0 Å². The van der Waals surface area contributed by atoms with Gasteiger partial charge in [0, 0.05) is 18.2 Å². The standard InChI is InChI=1S/C18H31NO2/c1-6-21-17-12-8-11-16(18(17)20-5)13-19-15(4)10-7-9-14(2)3/h8,11-12,14-15,19H,6-7,9-10,13H2,1-5H3. The molecule has 0 radical (unpaired) electrons. The van der Waals surface area contributed by atoms with E-state index in [0.717, 1.165) is 29.5 Å². The Morgan fingerprint density at radius 2 is 1.90 bits per heavy atom. The van der Waals surface area contributed by atoms with Gasteiger partial charge >= 0.3 is 0 Å². The third-order valence-electron chi connectivity index (χ3n) is 3.62. The molecule has 1 atom stereocenters. The van der Waals surface area contributed by atoms with Crippen molar-refractivity contribution in [1.29, 1.82) is 0 Å². The van der Waals surface area contributed by atoms with Crippen molar-refractivity contribution in [3.05, 3.63) is 23.8 Å². The topological polar surface area (TPSA) is 30.5 Å². The van der Waals surface area contributed by atoms with Crippen molar-refractivity contribution < 1.29 is 9.47 Å². The SMILES string of the molecule is CCOc1cccc(CNC(C)CCCC(C)C)c1OC. The van der Waals surface area contributed by atoms with Gasteiger partial charge in [-0.3, -0.25) is 0 Å². The van der Waals surface area contributed by atoms with E-state index in [0.29, 0.717) is 12.6 Å². The molecule has 0 aliphatic heterocycles. The van der Waals surface area contributed by atoms with Crippen molar-refractivity contribution in [1.82, 2.24) is 5.32 Å². The van der Waals surface area contributed by atoms with Crippen LogP contribution < -0.4 is 14.8 Å². The highest BCUT2D eigenvalue weighted by Crippen LogP contribution is 2.31. The minimum Gasteiger partial charge on any atom is -0.493 e. The first-order valence-corrected chi connectivity index (χ1v) is 8.10. The maximum absolute atomic E-state index is 5.61. The Bertz CT molecular complexity index is 404. The molecule has 0 heterocycles. The molecule has 0 fully saturated rings. The van der Waals surface area contributed by atoms with E-state index in [1.165, 1.54) is 19.3 Å². The molecule has 1 rings (SSSR count). The largest absolute Gasteiger partial charge is 0.493 e. The van der Waals surface area contributed by atoms with Gasteiger partial charge in [-0.15, -0.1) is 0 Å². The number of ether oxygens (including phenoxy) is 2. The molecule has 21 heavy (non-hydrogen) atoms. The van der Waals surface area contributed by atoms with Crippen LogP contribution in [0.15, 0.2) is 18.2 Å².